The summed E-state index contributed by atoms with van der Waals surface area (Å²) >= 11 is 0. The molecular weight excluding hydrogens is 278 g/mol. The standard InChI is InChI=1S/C18H19NO3/c20-11-14-10-17(16-9-5-4-8-15(14)16)19-18(21)22-12-13-6-2-1-3-7-13/h1-9,14,17,20H,10-12H2,(H,19,21)/t14-,17-/m0/s1. The van der Waals surface area contributed by atoms with Crippen LogP contribution in [-0.2, 0) is 11.3 Å². The first-order valence-corrected chi connectivity index (χ1v) is 7.45. The average molecular weight is 297 g/mol. The van der Waals surface area contributed by atoms with E-state index >= 15 is 0 Å². The molecule has 1 amide bonds. The number of hydrogen-bond donors (Lipinski definition) is 2. The van der Waals surface area contributed by atoms with Crippen LogP contribution in [-0.4, -0.2) is 17.8 Å². The van der Waals surface area contributed by atoms with Gasteiger partial charge < -0.3 is 15.2 Å². The number of aliphatic hydroxyl groups is 1. The van der Waals surface area contributed by atoms with E-state index in [2.05, 4.69) is 5.32 Å². The molecule has 0 aromatic heterocycles. The predicted molar refractivity (Wildman–Crippen MR) is 83.4 cm³/mol. The highest BCUT2D eigenvalue weighted by Gasteiger charge is 2.31. The zero-order valence-electron chi connectivity index (χ0n) is 12.2. The molecule has 0 aliphatic heterocycles. The summed E-state index contributed by atoms with van der Waals surface area (Å²) in [6.45, 7) is 0.346. The molecule has 0 saturated carbocycles. The second-order valence-electron chi connectivity index (χ2n) is 5.50. The number of hydrogen-bond acceptors (Lipinski definition) is 3. The van der Waals surface area contributed by atoms with Crippen molar-refractivity contribution in [3.8, 4) is 0 Å². The lowest BCUT2D eigenvalue weighted by atomic mass is 10.0. The minimum atomic E-state index is -0.428. The van der Waals surface area contributed by atoms with Crippen LogP contribution in [0.5, 0.6) is 0 Å². The van der Waals surface area contributed by atoms with E-state index in [0.29, 0.717) is 6.42 Å². The largest absolute Gasteiger partial charge is 0.445 e. The lowest BCUT2D eigenvalue weighted by Gasteiger charge is -2.14. The Kier molecular flexibility index (Phi) is 4.39. The van der Waals surface area contributed by atoms with Crippen LogP contribution in [0, 0.1) is 0 Å². The van der Waals surface area contributed by atoms with Crippen LogP contribution in [0.2, 0.25) is 0 Å². The van der Waals surface area contributed by atoms with Gasteiger partial charge in [0.15, 0.2) is 0 Å². The third-order valence-electron chi connectivity index (χ3n) is 4.06. The summed E-state index contributed by atoms with van der Waals surface area (Å²) in [5.74, 6) is 0.0793. The quantitative estimate of drug-likeness (QED) is 0.911. The molecule has 4 heteroatoms. The lowest BCUT2D eigenvalue weighted by Crippen LogP contribution is -2.28. The Hall–Kier alpha value is -2.33. The van der Waals surface area contributed by atoms with Gasteiger partial charge in [-0.05, 0) is 23.1 Å². The zero-order valence-corrected chi connectivity index (χ0v) is 12.2. The first-order chi connectivity index (χ1) is 10.8. The molecule has 0 radical (unpaired) electrons. The van der Waals surface area contributed by atoms with Gasteiger partial charge in [-0.15, -0.1) is 0 Å². The van der Waals surface area contributed by atoms with Gasteiger partial charge in [-0.2, -0.15) is 0 Å². The lowest BCUT2D eigenvalue weighted by molar-refractivity contribution is 0.134. The predicted octanol–water partition coefficient (Wildman–Crippen LogP) is 3.13. The number of ether oxygens (including phenoxy) is 1. The number of benzene rings is 2. The van der Waals surface area contributed by atoms with E-state index in [0.717, 1.165) is 16.7 Å². The van der Waals surface area contributed by atoms with Gasteiger partial charge in [0.2, 0.25) is 0 Å². The number of rotatable bonds is 4. The molecule has 1 aliphatic rings. The van der Waals surface area contributed by atoms with E-state index in [1.165, 1.54) is 0 Å². The van der Waals surface area contributed by atoms with Gasteiger partial charge in [0.1, 0.15) is 6.61 Å². The van der Waals surface area contributed by atoms with Crippen LogP contribution in [0.1, 0.15) is 35.1 Å². The van der Waals surface area contributed by atoms with Crippen molar-refractivity contribution in [2.45, 2.75) is 25.0 Å². The van der Waals surface area contributed by atoms with Crippen molar-refractivity contribution in [2.24, 2.45) is 0 Å². The molecule has 4 nitrogen and oxygen atoms in total. The van der Waals surface area contributed by atoms with E-state index in [1.807, 2.05) is 54.6 Å². The van der Waals surface area contributed by atoms with E-state index in [9.17, 15) is 9.90 Å². The summed E-state index contributed by atoms with van der Waals surface area (Å²) < 4.78 is 5.26. The number of aliphatic hydroxyl groups excluding tert-OH is 1. The fourth-order valence-electron chi connectivity index (χ4n) is 2.96. The van der Waals surface area contributed by atoms with Gasteiger partial charge in [-0.1, -0.05) is 54.6 Å². The molecule has 0 heterocycles. The van der Waals surface area contributed by atoms with Gasteiger partial charge in [-0.3, -0.25) is 0 Å². The number of carbonyl (C=O) groups is 1. The Morgan fingerprint density at radius 3 is 2.50 bits per heavy atom. The Morgan fingerprint density at radius 2 is 1.77 bits per heavy atom. The van der Waals surface area contributed by atoms with E-state index in [4.69, 9.17) is 4.74 Å². The smallest absolute Gasteiger partial charge is 0.407 e. The third kappa shape index (κ3) is 3.12. The molecule has 2 aromatic carbocycles. The molecule has 0 saturated heterocycles. The van der Waals surface area contributed by atoms with Gasteiger partial charge >= 0.3 is 6.09 Å². The molecular formula is C18H19NO3. The van der Waals surface area contributed by atoms with Crippen molar-refractivity contribution in [1.82, 2.24) is 5.32 Å². The molecule has 2 atom stereocenters. The van der Waals surface area contributed by atoms with Crippen molar-refractivity contribution >= 4 is 6.09 Å². The summed E-state index contributed by atoms with van der Waals surface area (Å²) in [5, 5.41) is 12.4. The van der Waals surface area contributed by atoms with E-state index in [1.54, 1.807) is 0 Å². The molecule has 2 N–H and O–H groups in total. The fraction of sp³-hybridized carbons (Fsp3) is 0.278. The van der Waals surface area contributed by atoms with Crippen LogP contribution >= 0.6 is 0 Å². The number of alkyl carbamates (subject to hydrolysis) is 1. The summed E-state index contributed by atoms with van der Waals surface area (Å²) in [7, 11) is 0. The highest BCUT2D eigenvalue weighted by Crippen LogP contribution is 2.39. The maximum absolute atomic E-state index is 12.0. The zero-order chi connectivity index (χ0) is 15.4. The van der Waals surface area contributed by atoms with Crippen molar-refractivity contribution < 1.29 is 14.6 Å². The van der Waals surface area contributed by atoms with Crippen molar-refractivity contribution in [2.75, 3.05) is 6.61 Å². The van der Waals surface area contributed by atoms with Gasteiger partial charge in [-0.25, -0.2) is 4.79 Å². The maximum atomic E-state index is 12.0. The van der Waals surface area contributed by atoms with E-state index in [-0.39, 0.29) is 25.2 Å². The van der Waals surface area contributed by atoms with Crippen LogP contribution in [0.25, 0.3) is 0 Å². The van der Waals surface area contributed by atoms with Crippen LogP contribution in [0.15, 0.2) is 54.6 Å². The van der Waals surface area contributed by atoms with E-state index < -0.39 is 6.09 Å². The molecule has 114 valence electrons. The molecule has 22 heavy (non-hydrogen) atoms. The summed E-state index contributed by atoms with van der Waals surface area (Å²) in [4.78, 5) is 12.0. The normalized spacial score (nSPS) is 19.5. The van der Waals surface area contributed by atoms with Crippen molar-refractivity contribution in [3.63, 3.8) is 0 Å². The molecule has 0 fully saturated rings. The molecule has 0 spiro atoms. The second kappa shape index (κ2) is 6.62. The Balaban J connectivity index is 1.60. The Morgan fingerprint density at radius 1 is 1.09 bits per heavy atom. The first-order valence-electron chi connectivity index (χ1n) is 7.45. The summed E-state index contributed by atoms with van der Waals surface area (Å²) in [5.41, 5.74) is 3.13. The van der Waals surface area contributed by atoms with Crippen LogP contribution in [0.4, 0.5) is 4.79 Å². The monoisotopic (exact) mass is 297 g/mol. The topological polar surface area (TPSA) is 58.6 Å². The highest BCUT2D eigenvalue weighted by atomic mass is 16.5. The summed E-state index contributed by atoms with van der Waals surface area (Å²) in [6, 6.07) is 17.4. The molecule has 2 aromatic rings. The Bertz CT molecular complexity index is 642. The SMILES string of the molecule is O=C(N[C@H]1C[C@@H](CO)c2ccccc21)OCc1ccccc1. The minimum Gasteiger partial charge on any atom is -0.445 e. The van der Waals surface area contributed by atoms with Gasteiger partial charge in [0, 0.05) is 5.92 Å². The number of fused-ring (bicyclic) bond motifs is 1. The Labute approximate surface area is 129 Å². The number of carbonyl (C=O) groups excluding carboxylic acids is 1. The number of nitrogens with one attached hydrogen (secondary N) is 1. The van der Waals surface area contributed by atoms with Crippen LogP contribution in [0.3, 0.4) is 0 Å². The third-order valence-corrected chi connectivity index (χ3v) is 4.06. The first kappa shape index (κ1) is 14.6. The molecule has 1 aliphatic carbocycles. The van der Waals surface area contributed by atoms with Gasteiger partial charge in [0.05, 0.1) is 12.6 Å². The van der Waals surface area contributed by atoms with Crippen molar-refractivity contribution in [1.29, 1.82) is 0 Å². The highest BCUT2D eigenvalue weighted by molar-refractivity contribution is 5.68. The minimum absolute atomic E-state index is 0.0793. The number of amides is 1. The fourth-order valence-corrected chi connectivity index (χ4v) is 2.96. The second-order valence-corrected chi connectivity index (χ2v) is 5.50. The van der Waals surface area contributed by atoms with Gasteiger partial charge in [0.25, 0.3) is 0 Å². The summed E-state index contributed by atoms with van der Waals surface area (Å²) in [6.07, 6.45) is 0.276. The molecule has 0 bridgehead atoms. The van der Waals surface area contributed by atoms with Crippen molar-refractivity contribution in [3.05, 3.63) is 71.3 Å². The molecule has 3 rings (SSSR count). The maximum Gasteiger partial charge on any atom is 0.407 e. The average Bonchev–Trinajstić information content (AvgIpc) is 2.92. The molecule has 0 unspecified atom stereocenters. The van der Waals surface area contributed by atoms with Crippen LogP contribution < -0.4 is 5.32 Å².